The van der Waals surface area contributed by atoms with Crippen LogP contribution in [0, 0.1) is 5.75 Å². The average Bonchev–Trinajstić information content (AvgIpc) is 1.84. The Hall–Kier alpha value is -0.0500. The van der Waals surface area contributed by atoms with Crippen molar-refractivity contribution in [2.45, 2.75) is 38.9 Å². The molecule has 3 heteroatoms. The minimum atomic E-state index is -2.89. The highest BCUT2D eigenvalue weighted by Crippen LogP contribution is 2.08. The van der Waals surface area contributed by atoms with Gasteiger partial charge in [0.25, 0.3) is 0 Å². The Bertz CT molecular complexity index is 168. The van der Waals surface area contributed by atoms with E-state index in [0.29, 0.717) is 6.42 Å². The molecule has 0 aromatic heterocycles. The van der Waals surface area contributed by atoms with Gasteiger partial charge in [0, 0.05) is 0 Å². The molecule has 61 valence electrons. The first-order valence-corrected chi connectivity index (χ1v) is 5.18. The monoisotopic (exact) mass is 163 g/mol. The molecule has 1 radical (unpaired) electrons. The summed E-state index contributed by atoms with van der Waals surface area (Å²) in [7, 11) is -2.89. The molecule has 10 heavy (non-hydrogen) atoms. The Morgan fingerprint density at radius 1 is 1.40 bits per heavy atom. The van der Waals surface area contributed by atoms with Crippen molar-refractivity contribution in [2.24, 2.45) is 0 Å². The Labute approximate surface area is 63.6 Å². The zero-order valence-electron chi connectivity index (χ0n) is 6.79. The molecule has 0 aromatic rings. The molecule has 0 heterocycles. The second-order valence-electron chi connectivity index (χ2n) is 2.59. The number of unbranched alkanes of at least 4 members (excludes halogenated alkanes) is 1. The first-order chi connectivity index (χ1) is 4.50. The van der Waals surface area contributed by atoms with Crippen LogP contribution in [0.4, 0.5) is 0 Å². The molecule has 0 saturated heterocycles. The zero-order valence-corrected chi connectivity index (χ0v) is 7.61. The minimum Gasteiger partial charge on any atom is -0.228 e. The molecule has 0 amide bonds. The van der Waals surface area contributed by atoms with Crippen molar-refractivity contribution in [2.75, 3.05) is 0 Å². The summed E-state index contributed by atoms with van der Waals surface area (Å²) in [5.74, 6) is 1.41. The molecule has 0 aliphatic heterocycles. The molecule has 0 rings (SSSR count). The summed E-state index contributed by atoms with van der Waals surface area (Å²) in [6, 6.07) is 0. The van der Waals surface area contributed by atoms with Gasteiger partial charge in [-0.25, -0.2) is 8.42 Å². The van der Waals surface area contributed by atoms with Crippen LogP contribution in [0.5, 0.6) is 0 Å². The maximum Gasteiger partial charge on any atom is 0.156 e. The molecule has 2 nitrogen and oxygen atoms in total. The van der Waals surface area contributed by atoms with E-state index in [0.717, 1.165) is 6.42 Å². The lowest BCUT2D eigenvalue weighted by atomic mass is 10.4. The van der Waals surface area contributed by atoms with Gasteiger partial charge in [-0.15, -0.1) is 0 Å². The summed E-state index contributed by atoms with van der Waals surface area (Å²) in [6.07, 6.45) is 1.56. The van der Waals surface area contributed by atoms with Crippen molar-refractivity contribution in [3.8, 4) is 0 Å². The second-order valence-corrected chi connectivity index (χ2v) is 5.05. The highest BCUT2D eigenvalue weighted by atomic mass is 32.2. The van der Waals surface area contributed by atoms with E-state index in [2.05, 4.69) is 0 Å². The van der Waals surface area contributed by atoms with Crippen molar-refractivity contribution in [1.29, 1.82) is 0 Å². The van der Waals surface area contributed by atoms with Gasteiger partial charge in [0.2, 0.25) is 0 Å². The summed E-state index contributed by atoms with van der Waals surface area (Å²) in [5.41, 5.74) is 0. The maximum absolute atomic E-state index is 11.0. The number of hydrogen-bond acceptors (Lipinski definition) is 2. The van der Waals surface area contributed by atoms with Crippen LogP contribution in [-0.4, -0.2) is 13.7 Å². The summed E-state index contributed by atoms with van der Waals surface area (Å²) >= 11 is 0. The Morgan fingerprint density at radius 2 is 1.90 bits per heavy atom. The highest BCUT2D eigenvalue weighted by Gasteiger charge is 2.14. The minimum absolute atomic E-state index is 0.265. The van der Waals surface area contributed by atoms with Gasteiger partial charge in [0.15, 0.2) is 9.84 Å². The standard InChI is InChI=1S/C7H15O2S/c1-4-5-6-10(8,9)7(2)3/h6-7H,4-5H2,1-3H3. The van der Waals surface area contributed by atoms with E-state index in [-0.39, 0.29) is 5.25 Å². The quantitative estimate of drug-likeness (QED) is 0.633. The van der Waals surface area contributed by atoms with E-state index in [4.69, 9.17) is 0 Å². The maximum atomic E-state index is 11.0. The van der Waals surface area contributed by atoms with Gasteiger partial charge in [-0.1, -0.05) is 13.3 Å². The van der Waals surface area contributed by atoms with Crippen molar-refractivity contribution in [3.05, 3.63) is 5.75 Å². The predicted octanol–water partition coefficient (Wildman–Crippen LogP) is 1.77. The van der Waals surface area contributed by atoms with E-state index < -0.39 is 9.84 Å². The van der Waals surface area contributed by atoms with E-state index in [9.17, 15) is 8.42 Å². The Kier molecular flexibility index (Phi) is 3.94. The molecule has 0 fully saturated rings. The third kappa shape index (κ3) is 3.20. The van der Waals surface area contributed by atoms with Gasteiger partial charge in [-0.3, -0.25) is 0 Å². The fourth-order valence-corrected chi connectivity index (χ4v) is 1.42. The average molecular weight is 163 g/mol. The molecule has 0 N–H and O–H groups in total. The fraction of sp³-hybridized carbons (Fsp3) is 0.857. The lowest BCUT2D eigenvalue weighted by molar-refractivity contribution is 0.590. The lowest BCUT2D eigenvalue weighted by Crippen LogP contribution is -2.13. The van der Waals surface area contributed by atoms with E-state index >= 15 is 0 Å². The zero-order chi connectivity index (χ0) is 8.20. The van der Waals surface area contributed by atoms with Crippen LogP contribution in [0.25, 0.3) is 0 Å². The molecule has 0 atom stereocenters. The van der Waals surface area contributed by atoms with Gasteiger partial charge < -0.3 is 0 Å². The van der Waals surface area contributed by atoms with Crippen LogP contribution >= 0.6 is 0 Å². The smallest absolute Gasteiger partial charge is 0.156 e. The first-order valence-electron chi connectivity index (χ1n) is 3.57. The second kappa shape index (κ2) is 3.96. The van der Waals surface area contributed by atoms with Gasteiger partial charge in [-0.05, 0) is 20.3 Å². The molecule has 0 aromatic carbocycles. The number of sulfone groups is 1. The van der Waals surface area contributed by atoms with Gasteiger partial charge >= 0.3 is 0 Å². The van der Waals surface area contributed by atoms with Gasteiger partial charge in [-0.2, -0.15) is 0 Å². The largest absolute Gasteiger partial charge is 0.228 e. The molecule has 0 spiro atoms. The number of hydrogen-bond donors (Lipinski definition) is 0. The third-order valence-corrected chi connectivity index (χ3v) is 3.31. The molecule has 0 aliphatic rings. The lowest BCUT2D eigenvalue weighted by Gasteiger charge is -2.04. The highest BCUT2D eigenvalue weighted by molar-refractivity contribution is 7.93. The van der Waals surface area contributed by atoms with Gasteiger partial charge in [0.05, 0.1) is 11.0 Å². The SMILES string of the molecule is CCC[CH]S(=O)(=O)C(C)C. The van der Waals surface area contributed by atoms with Crippen molar-refractivity contribution < 1.29 is 8.42 Å². The van der Waals surface area contributed by atoms with Crippen LogP contribution in [0.2, 0.25) is 0 Å². The summed E-state index contributed by atoms with van der Waals surface area (Å²) in [5, 5.41) is -0.265. The first kappa shape index (κ1) is 9.95. The molecule has 0 unspecified atom stereocenters. The van der Waals surface area contributed by atoms with Crippen molar-refractivity contribution in [1.82, 2.24) is 0 Å². The van der Waals surface area contributed by atoms with Crippen molar-refractivity contribution >= 4 is 9.84 Å². The van der Waals surface area contributed by atoms with Crippen LogP contribution < -0.4 is 0 Å². The van der Waals surface area contributed by atoms with E-state index in [1.807, 2.05) is 6.92 Å². The van der Waals surface area contributed by atoms with E-state index in [1.54, 1.807) is 13.8 Å². The van der Waals surface area contributed by atoms with Crippen LogP contribution in [0.3, 0.4) is 0 Å². The molecular weight excluding hydrogens is 148 g/mol. The topological polar surface area (TPSA) is 34.1 Å². The van der Waals surface area contributed by atoms with Crippen molar-refractivity contribution in [3.63, 3.8) is 0 Å². The Balaban J connectivity index is 3.90. The van der Waals surface area contributed by atoms with Crippen LogP contribution in [0.1, 0.15) is 33.6 Å². The third-order valence-electron chi connectivity index (χ3n) is 1.30. The van der Waals surface area contributed by atoms with Gasteiger partial charge in [0.1, 0.15) is 0 Å². The molecule has 0 bridgehead atoms. The van der Waals surface area contributed by atoms with Crippen LogP contribution in [0.15, 0.2) is 0 Å². The van der Waals surface area contributed by atoms with E-state index in [1.165, 1.54) is 5.75 Å². The van der Waals surface area contributed by atoms with Crippen LogP contribution in [-0.2, 0) is 9.84 Å². The number of rotatable bonds is 4. The molecule has 0 aliphatic carbocycles. The Morgan fingerprint density at radius 3 is 2.20 bits per heavy atom. The normalized spacial score (nSPS) is 12.4. The molecule has 0 saturated carbocycles. The summed E-state index contributed by atoms with van der Waals surface area (Å²) in [6.45, 7) is 5.36. The predicted molar refractivity (Wildman–Crippen MR) is 43.3 cm³/mol. The molecular formula is C7H15O2S. The fourth-order valence-electron chi connectivity index (χ4n) is 0.475. The summed E-state index contributed by atoms with van der Waals surface area (Å²) in [4.78, 5) is 0. The summed E-state index contributed by atoms with van der Waals surface area (Å²) < 4.78 is 22.1.